The number of carbonyl (C=O) groups is 1. The first-order chi connectivity index (χ1) is 11.5. The molecule has 1 aromatic heterocycles. The summed E-state index contributed by atoms with van der Waals surface area (Å²) in [5.74, 6) is 1.53. The third-order valence-electron chi connectivity index (χ3n) is 3.64. The minimum absolute atomic E-state index is 0.105. The number of amides is 1. The van der Waals surface area contributed by atoms with Crippen molar-refractivity contribution >= 4 is 11.6 Å². The van der Waals surface area contributed by atoms with Crippen molar-refractivity contribution in [3.63, 3.8) is 0 Å². The van der Waals surface area contributed by atoms with Gasteiger partial charge in [0.05, 0.1) is 19.0 Å². The minimum atomic E-state index is -0.267. The molecule has 6 nitrogen and oxygen atoms in total. The number of benzene rings is 1. The van der Waals surface area contributed by atoms with Crippen LogP contribution >= 0.6 is 0 Å². The van der Waals surface area contributed by atoms with Gasteiger partial charge in [0.2, 0.25) is 5.88 Å². The Morgan fingerprint density at radius 3 is 2.88 bits per heavy atom. The number of methoxy groups -OCH3 is 1. The van der Waals surface area contributed by atoms with E-state index in [-0.39, 0.29) is 18.1 Å². The normalized spacial score (nSPS) is 14.5. The van der Waals surface area contributed by atoms with Gasteiger partial charge in [-0.2, -0.15) is 0 Å². The topological polar surface area (TPSA) is 69.7 Å². The van der Waals surface area contributed by atoms with Crippen LogP contribution in [0.4, 0.5) is 5.69 Å². The lowest BCUT2D eigenvalue weighted by Gasteiger charge is -2.18. The van der Waals surface area contributed by atoms with Crippen molar-refractivity contribution < 1.29 is 19.0 Å². The van der Waals surface area contributed by atoms with Crippen molar-refractivity contribution in [2.24, 2.45) is 0 Å². The highest BCUT2D eigenvalue weighted by molar-refractivity contribution is 5.91. The molecule has 1 aliphatic heterocycles. The third-order valence-corrected chi connectivity index (χ3v) is 3.64. The van der Waals surface area contributed by atoms with Gasteiger partial charge in [-0.3, -0.25) is 4.79 Å². The van der Waals surface area contributed by atoms with Crippen molar-refractivity contribution in [1.82, 2.24) is 4.98 Å². The highest BCUT2D eigenvalue weighted by atomic mass is 16.5. The quantitative estimate of drug-likeness (QED) is 0.914. The fourth-order valence-corrected chi connectivity index (χ4v) is 2.62. The summed E-state index contributed by atoms with van der Waals surface area (Å²) in [4.78, 5) is 16.1. The molecule has 6 heteroatoms. The summed E-state index contributed by atoms with van der Waals surface area (Å²) in [5, 5.41) is 2.72. The van der Waals surface area contributed by atoms with E-state index in [1.54, 1.807) is 12.1 Å². The van der Waals surface area contributed by atoms with E-state index in [9.17, 15) is 4.79 Å². The second-order valence-electron chi connectivity index (χ2n) is 6.21. The first-order valence-electron chi connectivity index (χ1n) is 7.70. The average molecular weight is 328 g/mol. The Kier molecular flexibility index (Phi) is 4.29. The van der Waals surface area contributed by atoms with Crippen LogP contribution in [0.25, 0.3) is 0 Å². The molecule has 0 atom stereocenters. The number of rotatable bonds is 5. The van der Waals surface area contributed by atoms with Gasteiger partial charge < -0.3 is 19.5 Å². The molecule has 0 bridgehead atoms. The van der Waals surface area contributed by atoms with Gasteiger partial charge in [0, 0.05) is 18.1 Å². The van der Waals surface area contributed by atoms with Crippen molar-refractivity contribution in [2.45, 2.75) is 25.9 Å². The van der Waals surface area contributed by atoms with E-state index in [1.165, 1.54) is 13.3 Å². The number of carbonyl (C=O) groups excluding carboxylic acids is 1. The van der Waals surface area contributed by atoms with E-state index < -0.39 is 0 Å². The Balaban J connectivity index is 1.60. The third kappa shape index (κ3) is 3.59. The maximum absolute atomic E-state index is 12.0. The van der Waals surface area contributed by atoms with Gasteiger partial charge in [-0.1, -0.05) is 12.1 Å². The Hall–Kier alpha value is -2.76. The van der Waals surface area contributed by atoms with E-state index in [4.69, 9.17) is 14.2 Å². The van der Waals surface area contributed by atoms with Gasteiger partial charge in [0.25, 0.3) is 5.91 Å². The van der Waals surface area contributed by atoms with E-state index in [0.29, 0.717) is 17.3 Å². The Morgan fingerprint density at radius 1 is 1.33 bits per heavy atom. The van der Waals surface area contributed by atoms with Gasteiger partial charge in [-0.15, -0.1) is 0 Å². The predicted octanol–water partition coefficient (Wildman–Crippen LogP) is 2.82. The van der Waals surface area contributed by atoms with Gasteiger partial charge in [0.1, 0.15) is 5.60 Å². The smallest absolute Gasteiger partial charge is 0.262 e. The molecule has 1 aliphatic rings. The molecule has 0 spiro atoms. The second-order valence-corrected chi connectivity index (χ2v) is 6.21. The lowest BCUT2D eigenvalue weighted by Crippen LogP contribution is -2.25. The van der Waals surface area contributed by atoms with Crippen LogP contribution in [-0.2, 0) is 11.2 Å². The van der Waals surface area contributed by atoms with Crippen LogP contribution in [0.3, 0.4) is 0 Å². The Bertz CT molecular complexity index is 741. The molecule has 0 unspecified atom stereocenters. The Labute approximate surface area is 140 Å². The summed E-state index contributed by atoms with van der Waals surface area (Å²) >= 11 is 0. The van der Waals surface area contributed by atoms with Gasteiger partial charge in [-0.05, 0) is 26.0 Å². The lowest BCUT2D eigenvalue weighted by molar-refractivity contribution is -0.118. The largest absolute Gasteiger partial charge is 0.483 e. The number of hydrogen-bond donors (Lipinski definition) is 1. The first kappa shape index (κ1) is 16.1. The van der Waals surface area contributed by atoms with E-state index in [0.717, 1.165) is 17.7 Å². The van der Waals surface area contributed by atoms with Crippen molar-refractivity contribution in [3.8, 4) is 17.4 Å². The molecule has 0 saturated carbocycles. The molecule has 2 aromatic rings. The van der Waals surface area contributed by atoms with Crippen LogP contribution < -0.4 is 19.5 Å². The van der Waals surface area contributed by atoms with Gasteiger partial charge in [-0.25, -0.2) is 4.98 Å². The summed E-state index contributed by atoms with van der Waals surface area (Å²) in [7, 11) is 1.54. The summed E-state index contributed by atoms with van der Waals surface area (Å²) in [6, 6.07) is 9.12. The maximum Gasteiger partial charge on any atom is 0.262 e. The van der Waals surface area contributed by atoms with Gasteiger partial charge in [0.15, 0.2) is 18.1 Å². The van der Waals surface area contributed by atoms with Crippen LogP contribution in [0.2, 0.25) is 0 Å². The maximum atomic E-state index is 12.0. The van der Waals surface area contributed by atoms with Crippen molar-refractivity contribution in [2.75, 3.05) is 19.0 Å². The van der Waals surface area contributed by atoms with Crippen molar-refractivity contribution in [1.29, 1.82) is 0 Å². The predicted molar refractivity (Wildman–Crippen MR) is 89.8 cm³/mol. The van der Waals surface area contributed by atoms with Crippen LogP contribution in [0.1, 0.15) is 19.4 Å². The number of fused-ring (bicyclic) bond motifs is 1. The number of para-hydroxylation sites is 1. The summed E-state index contributed by atoms with van der Waals surface area (Å²) in [6.07, 6.45) is 2.35. The zero-order valence-corrected chi connectivity index (χ0v) is 14.0. The standard InChI is InChI=1S/C18H20N2O4/c1-18(2)9-12-5-4-6-14(17(12)24-18)23-11-15(21)20-13-7-8-16(22-3)19-10-13/h4-8,10H,9,11H2,1-3H3,(H,20,21). The van der Waals surface area contributed by atoms with E-state index >= 15 is 0 Å². The molecule has 0 saturated heterocycles. The number of nitrogens with zero attached hydrogens (tertiary/aromatic N) is 1. The number of hydrogen-bond acceptors (Lipinski definition) is 5. The number of anilines is 1. The van der Waals surface area contributed by atoms with Crippen LogP contribution in [0, 0.1) is 0 Å². The zero-order chi connectivity index (χ0) is 17.2. The molecule has 0 radical (unpaired) electrons. The number of nitrogens with one attached hydrogen (secondary N) is 1. The molecule has 1 N–H and O–H groups in total. The number of ether oxygens (including phenoxy) is 3. The first-order valence-corrected chi connectivity index (χ1v) is 7.70. The molecule has 126 valence electrons. The van der Waals surface area contributed by atoms with Crippen molar-refractivity contribution in [3.05, 3.63) is 42.1 Å². The molecule has 1 aromatic carbocycles. The summed E-state index contributed by atoms with van der Waals surface area (Å²) in [6.45, 7) is 3.95. The average Bonchev–Trinajstić information content (AvgIpc) is 2.88. The zero-order valence-electron chi connectivity index (χ0n) is 14.0. The summed E-state index contributed by atoms with van der Waals surface area (Å²) < 4.78 is 16.5. The molecule has 0 fully saturated rings. The molecule has 24 heavy (non-hydrogen) atoms. The van der Waals surface area contributed by atoms with Crippen LogP contribution in [0.15, 0.2) is 36.5 Å². The highest BCUT2D eigenvalue weighted by Gasteiger charge is 2.32. The second kappa shape index (κ2) is 6.39. The molecule has 2 heterocycles. The molecular formula is C18H20N2O4. The van der Waals surface area contributed by atoms with Gasteiger partial charge >= 0.3 is 0 Å². The number of pyridine rings is 1. The minimum Gasteiger partial charge on any atom is -0.483 e. The van der Waals surface area contributed by atoms with E-state index in [1.807, 2.05) is 32.0 Å². The highest BCUT2D eigenvalue weighted by Crippen LogP contribution is 2.41. The van der Waals surface area contributed by atoms with Crippen LogP contribution in [0.5, 0.6) is 17.4 Å². The van der Waals surface area contributed by atoms with E-state index in [2.05, 4.69) is 10.3 Å². The molecular weight excluding hydrogens is 308 g/mol. The Morgan fingerprint density at radius 2 is 2.17 bits per heavy atom. The van der Waals surface area contributed by atoms with Crippen LogP contribution in [-0.4, -0.2) is 30.2 Å². The monoisotopic (exact) mass is 328 g/mol. The molecule has 3 rings (SSSR count). The SMILES string of the molecule is COc1ccc(NC(=O)COc2cccc3c2OC(C)(C)C3)cn1. The molecule has 1 amide bonds. The summed E-state index contributed by atoms with van der Waals surface area (Å²) in [5.41, 5.74) is 1.43. The fourth-order valence-electron chi connectivity index (χ4n) is 2.62. The number of aromatic nitrogens is 1. The lowest BCUT2D eigenvalue weighted by atomic mass is 10.0. The fraction of sp³-hybridized carbons (Fsp3) is 0.333. The molecule has 0 aliphatic carbocycles.